The third-order valence-corrected chi connectivity index (χ3v) is 7.32. The van der Waals surface area contributed by atoms with E-state index in [4.69, 9.17) is 51.1 Å². The van der Waals surface area contributed by atoms with Crippen molar-refractivity contribution in [1.29, 1.82) is 5.26 Å². The molecular weight excluding hydrogens is 732 g/mol. The molecule has 1 amide bonds. The van der Waals surface area contributed by atoms with Crippen LogP contribution in [0, 0.1) is 18.5 Å². The van der Waals surface area contributed by atoms with Crippen molar-refractivity contribution in [3.8, 4) is 11.8 Å². The molecular formula is C23H12Cl4I2N2O2. The van der Waals surface area contributed by atoms with Crippen LogP contribution in [0.5, 0.6) is 5.75 Å². The first-order valence-electron chi connectivity index (χ1n) is 9.12. The van der Waals surface area contributed by atoms with Gasteiger partial charge in [0.05, 0.1) is 27.2 Å². The van der Waals surface area contributed by atoms with Gasteiger partial charge in [-0.25, -0.2) is 0 Å². The van der Waals surface area contributed by atoms with E-state index in [0.717, 1.165) is 12.7 Å². The largest absolute Gasteiger partial charge is 0.487 e. The predicted octanol–water partition coefficient (Wildman–Crippen LogP) is 8.63. The highest BCUT2D eigenvalue weighted by Crippen LogP contribution is 2.31. The van der Waals surface area contributed by atoms with Crippen molar-refractivity contribution < 1.29 is 9.53 Å². The number of nitrogens with one attached hydrogen (secondary N) is 1. The Kier molecular flexibility index (Phi) is 9.56. The van der Waals surface area contributed by atoms with Crippen molar-refractivity contribution in [3.63, 3.8) is 0 Å². The highest BCUT2D eigenvalue weighted by molar-refractivity contribution is 14.1. The van der Waals surface area contributed by atoms with Crippen molar-refractivity contribution in [3.05, 3.63) is 92.5 Å². The molecule has 0 atom stereocenters. The number of carbonyl (C=O) groups excluding carboxylic acids is 1. The molecule has 3 rings (SSSR count). The highest BCUT2D eigenvalue weighted by atomic mass is 127. The van der Waals surface area contributed by atoms with Crippen molar-refractivity contribution in [2.24, 2.45) is 0 Å². The summed E-state index contributed by atoms with van der Waals surface area (Å²) >= 11 is 28.2. The van der Waals surface area contributed by atoms with E-state index in [1.54, 1.807) is 24.3 Å². The fourth-order valence-electron chi connectivity index (χ4n) is 2.67. The molecule has 33 heavy (non-hydrogen) atoms. The van der Waals surface area contributed by atoms with Gasteiger partial charge in [-0.3, -0.25) is 4.79 Å². The zero-order valence-electron chi connectivity index (χ0n) is 16.4. The van der Waals surface area contributed by atoms with Crippen molar-refractivity contribution in [2.75, 3.05) is 5.32 Å². The number of ether oxygens (including phenoxy) is 1. The van der Waals surface area contributed by atoms with Gasteiger partial charge in [-0.1, -0.05) is 52.5 Å². The highest BCUT2D eigenvalue weighted by Gasteiger charge is 2.13. The normalized spacial score (nSPS) is 11.1. The van der Waals surface area contributed by atoms with Gasteiger partial charge in [0, 0.05) is 5.69 Å². The summed E-state index contributed by atoms with van der Waals surface area (Å²) in [7, 11) is 0. The molecule has 0 aliphatic rings. The van der Waals surface area contributed by atoms with Crippen molar-refractivity contribution in [1.82, 2.24) is 0 Å². The smallest absolute Gasteiger partial charge is 0.266 e. The molecule has 3 aromatic carbocycles. The Balaban J connectivity index is 1.77. The molecule has 0 radical (unpaired) electrons. The van der Waals surface area contributed by atoms with Gasteiger partial charge in [-0.05, 0) is 105 Å². The van der Waals surface area contributed by atoms with Crippen molar-refractivity contribution >= 4 is 109 Å². The van der Waals surface area contributed by atoms with Crippen LogP contribution in [0.1, 0.15) is 11.1 Å². The van der Waals surface area contributed by atoms with E-state index in [9.17, 15) is 10.1 Å². The Morgan fingerprint density at radius 1 is 0.939 bits per heavy atom. The molecule has 0 aliphatic carbocycles. The summed E-state index contributed by atoms with van der Waals surface area (Å²) in [5.74, 6) is 0.138. The van der Waals surface area contributed by atoms with Crippen LogP contribution in [0.2, 0.25) is 20.1 Å². The van der Waals surface area contributed by atoms with Gasteiger partial charge in [-0.2, -0.15) is 5.26 Å². The molecule has 10 heteroatoms. The lowest BCUT2D eigenvalue weighted by Crippen LogP contribution is -2.13. The molecule has 0 unspecified atom stereocenters. The molecule has 3 aromatic rings. The molecule has 1 N–H and O–H groups in total. The zero-order valence-corrected chi connectivity index (χ0v) is 23.8. The molecule has 0 heterocycles. The first kappa shape index (κ1) is 26.4. The van der Waals surface area contributed by atoms with Gasteiger partial charge in [0.1, 0.15) is 24.0 Å². The minimum absolute atomic E-state index is 0.0582. The lowest BCUT2D eigenvalue weighted by atomic mass is 10.1. The molecule has 168 valence electrons. The van der Waals surface area contributed by atoms with Crippen LogP contribution in [0.4, 0.5) is 5.69 Å². The lowest BCUT2D eigenvalue weighted by Gasteiger charge is -2.12. The number of hydrogen-bond donors (Lipinski definition) is 1. The number of rotatable bonds is 6. The fourth-order valence-corrected chi connectivity index (χ4v) is 5.42. The quantitative estimate of drug-likeness (QED) is 0.156. The molecule has 0 aromatic heterocycles. The molecule has 0 saturated carbocycles. The van der Waals surface area contributed by atoms with Gasteiger partial charge in [0.15, 0.2) is 0 Å². The van der Waals surface area contributed by atoms with E-state index in [2.05, 4.69) is 50.5 Å². The summed E-state index contributed by atoms with van der Waals surface area (Å²) < 4.78 is 7.63. The van der Waals surface area contributed by atoms with Gasteiger partial charge in [0.2, 0.25) is 0 Å². The molecule has 0 fully saturated rings. The van der Waals surface area contributed by atoms with Crippen LogP contribution < -0.4 is 10.1 Å². The summed E-state index contributed by atoms with van der Waals surface area (Å²) in [6, 6.07) is 15.6. The van der Waals surface area contributed by atoms with E-state index >= 15 is 0 Å². The number of hydrogen-bond acceptors (Lipinski definition) is 3. The van der Waals surface area contributed by atoms with Gasteiger partial charge < -0.3 is 10.1 Å². The molecule has 0 aliphatic heterocycles. The third-order valence-electron chi connectivity index (χ3n) is 4.24. The fraction of sp³-hybridized carbons (Fsp3) is 0.0435. The molecule has 0 spiro atoms. The van der Waals surface area contributed by atoms with Crippen LogP contribution in [0.25, 0.3) is 6.08 Å². The Bertz CT molecular complexity index is 1280. The second-order valence-corrected chi connectivity index (χ2v) is 10.6. The maximum atomic E-state index is 12.6. The van der Waals surface area contributed by atoms with Gasteiger partial charge in [0.25, 0.3) is 5.91 Å². The van der Waals surface area contributed by atoms with E-state index in [1.807, 2.05) is 24.3 Å². The van der Waals surface area contributed by atoms with Crippen LogP contribution in [0.15, 0.2) is 54.1 Å². The number of amides is 1. The average Bonchev–Trinajstić information content (AvgIpc) is 2.76. The van der Waals surface area contributed by atoms with E-state index in [-0.39, 0.29) is 5.57 Å². The molecule has 0 saturated heterocycles. The molecule has 4 nitrogen and oxygen atoms in total. The maximum Gasteiger partial charge on any atom is 0.266 e. The second kappa shape index (κ2) is 12.0. The molecule has 0 bridgehead atoms. The maximum absolute atomic E-state index is 12.6. The summed E-state index contributed by atoms with van der Waals surface area (Å²) in [5.41, 5.74) is 1.94. The van der Waals surface area contributed by atoms with E-state index in [0.29, 0.717) is 43.7 Å². The van der Waals surface area contributed by atoms with E-state index in [1.165, 1.54) is 12.1 Å². The monoisotopic (exact) mass is 742 g/mol. The number of nitrogens with zero attached hydrogens (tertiary/aromatic N) is 1. The number of benzene rings is 3. The SMILES string of the molecule is N#C/C(=C\c1cc(I)c(OCc2ccc(Cl)c(Cl)c2)c(I)c1)C(=O)Nc1ccc(Cl)c(Cl)c1. The Hall–Kier alpha value is -1.22. The van der Waals surface area contributed by atoms with Gasteiger partial charge >= 0.3 is 0 Å². The minimum atomic E-state index is -0.555. The summed E-state index contributed by atoms with van der Waals surface area (Å²) in [6.45, 7) is 0.313. The number of nitriles is 1. The number of anilines is 1. The van der Waals surface area contributed by atoms with Crippen LogP contribution >= 0.6 is 91.6 Å². The first-order valence-corrected chi connectivity index (χ1v) is 12.8. The summed E-state index contributed by atoms with van der Waals surface area (Å²) in [5, 5.41) is 13.8. The average molecular weight is 744 g/mol. The minimum Gasteiger partial charge on any atom is -0.487 e. The van der Waals surface area contributed by atoms with Crippen LogP contribution in [-0.4, -0.2) is 5.91 Å². The van der Waals surface area contributed by atoms with Crippen LogP contribution in [-0.2, 0) is 11.4 Å². The number of halogens is 6. The first-order chi connectivity index (χ1) is 15.7. The second-order valence-electron chi connectivity index (χ2n) is 6.60. The summed E-state index contributed by atoms with van der Waals surface area (Å²) in [6.07, 6.45) is 1.51. The van der Waals surface area contributed by atoms with Gasteiger partial charge in [-0.15, -0.1) is 0 Å². The zero-order chi connectivity index (χ0) is 24.1. The summed E-state index contributed by atoms with van der Waals surface area (Å²) in [4.78, 5) is 12.6. The Morgan fingerprint density at radius 2 is 1.55 bits per heavy atom. The van der Waals surface area contributed by atoms with E-state index < -0.39 is 5.91 Å². The van der Waals surface area contributed by atoms with Crippen molar-refractivity contribution in [2.45, 2.75) is 6.61 Å². The number of carbonyl (C=O) groups is 1. The van der Waals surface area contributed by atoms with Crippen LogP contribution in [0.3, 0.4) is 0 Å². The predicted molar refractivity (Wildman–Crippen MR) is 151 cm³/mol. The Labute approximate surface area is 238 Å². The Morgan fingerprint density at radius 3 is 2.12 bits per heavy atom. The lowest BCUT2D eigenvalue weighted by molar-refractivity contribution is -0.112. The third kappa shape index (κ3) is 7.13. The standard InChI is InChI=1S/C23H12Cl4I2N2O2/c24-16-3-1-12(6-18(16)26)11-33-22-20(28)7-13(8-21(22)29)5-14(10-30)23(32)31-15-2-4-17(25)19(27)9-15/h1-9H,11H2,(H,31,32)/b14-5+. The topological polar surface area (TPSA) is 62.1 Å².